The molecule has 1 atom stereocenters. The average molecular weight is 265 g/mol. The van der Waals surface area contributed by atoms with E-state index in [0.717, 1.165) is 24.6 Å². The second kappa shape index (κ2) is 6.04. The zero-order valence-corrected chi connectivity index (χ0v) is 12.5. The van der Waals surface area contributed by atoms with Crippen LogP contribution in [0.15, 0.2) is 4.52 Å². The lowest BCUT2D eigenvalue weighted by Gasteiger charge is -2.25. The Morgan fingerprint density at radius 2 is 1.95 bits per heavy atom. The van der Waals surface area contributed by atoms with Crippen molar-refractivity contribution in [2.24, 2.45) is 11.7 Å². The number of nitrogens with two attached hydrogens (primary N) is 1. The summed E-state index contributed by atoms with van der Waals surface area (Å²) in [7, 11) is 0. The molecule has 0 saturated heterocycles. The lowest BCUT2D eigenvalue weighted by Crippen LogP contribution is -2.33. The monoisotopic (exact) mass is 265 g/mol. The third kappa shape index (κ3) is 3.35. The van der Waals surface area contributed by atoms with E-state index in [1.165, 1.54) is 32.1 Å². The van der Waals surface area contributed by atoms with Crippen molar-refractivity contribution in [2.75, 3.05) is 0 Å². The van der Waals surface area contributed by atoms with Gasteiger partial charge in [0.05, 0.1) is 5.54 Å². The van der Waals surface area contributed by atoms with Crippen LogP contribution >= 0.6 is 0 Å². The highest BCUT2D eigenvalue weighted by Gasteiger charge is 2.30. The Kier molecular flexibility index (Phi) is 4.61. The molecule has 108 valence electrons. The van der Waals surface area contributed by atoms with Crippen molar-refractivity contribution in [2.45, 2.75) is 77.2 Å². The summed E-state index contributed by atoms with van der Waals surface area (Å²) >= 11 is 0. The number of rotatable bonds is 5. The van der Waals surface area contributed by atoms with Crippen LogP contribution in [-0.2, 0) is 5.54 Å². The van der Waals surface area contributed by atoms with Gasteiger partial charge in [-0.3, -0.25) is 0 Å². The first kappa shape index (κ1) is 14.5. The molecule has 4 nitrogen and oxygen atoms in total. The molecule has 0 aromatic carbocycles. The molecule has 1 unspecified atom stereocenters. The van der Waals surface area contributed by atoms with Crippen molar-refractivity contribution in [3.05, 3.63) is 11.7 Å². The predicted molar refractivity (Wildman–Crippen MR) is 75.7 cm³/mol. The zero-order valence-electron chi connectivity index (χ0n) is 12.5. The van der Waals surface area contributed by atoms with Crippen LogP contribution in [0.1, 0.15) is 83.3 Å². The quantitative estimate of drug-likeness (QED) is 0.881. The molecule has 1 aliphatic rings. The first-order chi connectivity index (χ1) is 9.06. The maximum Gasteiger partial charge on any atom is 0.246 e. The van der Waals surface area contributed by atoms with Crippen LogP contribution in [0, 0.1) is 5.92 Å². The zero-order chi connectivity index (χ0) is 13.9. The number of nitrogens with zero attached hydrogens (tertiary/aromatic N) is 2. The Balaban J connectivity index is 2.01. The van der Waals surface area contributed by atoms with E-state index < -0.39 is 5.54 Å². The van der Waals surface area contributed by atoms with Gasteiger partial charge in [0.25, 0.3) is 0 Å². The van der Waals surface area contributed by atoms with Gasteiger partial charge in [-0.1, -0.05) is 31.8 Å². The van der Waals surface area contributed by atoms with Gasteiger partial charge in [-0.25, -0.2) is 0 Å². The molecular formula is C15H27N3O. The van der Waals surface area contributed by atoms with Gasteiger partial charge in [-0.2, -0.15) is 4.98 Å². The minimum Gasteiger partial charge on any atom is -0.337 e. The summed E-state index contributed by atoms with van der Waals surface area (Å²) in [5, 5.41) is 4.17. The van der Waals surface area contributed by atoms with Crippen LogP contribution in [0.3, 0.4) is 0 Å². The van der Waals surface area contributed by atoms with Crippen LogP contribution in [0.5, 0.6) is 0 Å². The van der Waals surface area contributed by atoms with Gasteiger partial charge in [-0.05, 0) is 44.9 Å². The molecule has 1 fully saturated rings. The number of hydrogen-bond acceptors (Lipinski definition) is 4. The topological polar surface area (TPSA) is 64.9 Å². The molecule has 1 heterocycles. The smallest absolute Gasteiger partial charge is 0.246 e. The highest BCUT2D eigenvalue weighted by molar-refractivity contribution is 5.04. The van der Waals surface area contributed by atoms with Gasteiger partial charge in [0, 0.05) is 5.92 Å². The molecular weight excluding hydrogens is 238 g/mol. The summed E-state index contributed by atoms with van der Waals surface area (Å²) in [5.41, 5.74) is 5.75. The van der Waals surface area contributed by atoms with E-state index in [-0.39, 0.29) is 0 Å². The van der Waals surface area contributed by atoms with Gasteiger partial charge in [0.1, 0.15) is 0 Å². The predicted octanol–water partition coefficient (Wildman–Crippen LogP) is 3.73. The summed E-state index contributed by atoms with van der Waals surface area (Å²) in [4.78, 5) is 4.57. The average Bonchev–Trinajstić information content (AvgIpc) is 2.89. The standard InChI is InChI=1S/C15H27N3O/c1-4-10-15(3,16)14-17-13(18-19-14)12-8-6-11(5-2)7-9-12/h11-12H,4-10,16H2,1-3H3. The normalized spacial score (nSPS) is 27.2. The SMILES string of the molecule is CCCC(C)(N)c1nc(C2CCC(CC)CC2)no1. The number of aromatic nitrogens is 2. The van der Waals surface area contributed by atoms with E-state index in [0.29, 0.717) is 11.8 Å². The largest absolute Gasteiger partial charge is 0.337 e. The summed E-state index contributed by atoms with van der Waals surface area (Å²) in [5.74, 6) is 2.83. The Labute approximate surface area is 116 Å². The Hall–Kier alpha value is -0.900. The number of hydrogen-bond donors (Lipinski definition) is 1. The van der Waals surface area contributed by atoms with Crippen molar-refractivity contribution >= 4 is 0 Å². The Morgan fingerprint density at radius 1 is 1.26 bits per heavy atom. The highest BCUT2D eigenvalue weighted by Crippen LogP contribution is 2.36. The van der Waals surface area contributed by atoms with E-state index in [1.807, 2.05) is 6.92 Å². The van der Waals surface area contributed by atoms with Crippen LogP contribution in [0.2, 0.25) is 0 Å². The molecule has 0 aliphatic heterocycles. The molecule has 0 bridgehead atoms. The van der Waals surface area contributed by atoms with Crippen LogP contribution in [0.25, 0.3) is 0 Å². The van der Waals surface area contributed by atoms with Crippen molar-refractivity contribution in [1.29, 1.82) is 0 Å². The molecule has 19 heavy (non-hydrogen) atoms. The maximum atomic E-state index is 6.24. The van der Waals surface area contributed by atoms with Gasteiger partial charge in [0.15, 0.2) is 5.82 Å². The van der Waals surface area contributed by atoms with Crippen molar-refractivity contribution in [3.8, 4) is 0 Å². The fraction of sp³-hybridized carbons (Fsp3) is 0.867. The third-order valence-electron chi connectivity index (χ3n) is 4.49. The third-order valence-corrected chi connectivity index (χ3v) is 4.49. The molecule has 2 N–H and O–H groups in total. The molecule has 0 radical (unpaired) electrons. The second-order valence-corrected chi connectivity index (χ2v) is 6.25. The molecule has 4 heteroatoms. The first-order valence-corrected chi connectivity index (χ1v) is 7.69. The highest BCUT2D eigenvalue weighted by atomic mass is 16.5. The molecule has 2 rings (SSSR count). The minimum atomic E-state index is -0.485. The minimum absolute atomic E-state index is 0.470. The summed E-state index contributed by atoms with van der Waals surface area (Å²) < 4.78 is 5.40. The summed E-state index contributed by atoms with van der Waals surface area (Å²) in [6, 6.07) is 0. The molecule has 1 aliphatic carbocycles. The molecule has 1 aromatic rings. The van der Waals surface area contributed by atoms with Gasteiger partial charge in [0.2, 0.25) is 5.89 Å². The van der Waals surface area contributed by atoms with Gasteiger partial charge >= 0.3 is 0 Å². The van der Waals surface area contributed by atoms with Crippen LogP contribution in [-0.4, -0.2) is 10.1 Å². The van der Waals surface area contributed by atoms with Crippen LogP contribution < -0.4 is 5.73 Å². The molecule has 0 amide bonds. The molecule has 1 aromatic heterocycles. The Morgan fingerprint density at radius 3 is 2.53 bits per heavy atom. The second-order valence-electron chi connectivity index (χ2n) is 6.25. The lowest BCUT2D eigenvalue weighted by atomic mass is 9.80. The van der Waals surface area contributed by atoms with E-state index in [4.69, 9.17) is 10.3 Å². The first-order valence-electron chi connectivity index (χ1n) is 7.69. The lowest BCUT2D eigenvalue weighted by molar-refractivity contribution is 0.276. The van der Waals surface area contributed by atoms with Crippen molar-refractivity contribution < 1.29 is 4.52 Å². The van der Waals surface area contributed by atoms with Crippen molar-refractivity contribution in [1.82, 2.24) is 10.1 Å². The summed E-state index contributed by atoms with van der Waals surface area (Å²) in [6.45, 7) is 6.37. The molecule has 0 spiro atoms. The Bertz CT molecular complexity index is 392. The van der Waals surface area contributed by atoms with E-state index in [1.54, 1.807) is 0 Å². The van der Waals surface area contributed by atoms with Gasteiger partial charge < -0.3 is 10.3 Å². The fourth-order valence-electron chi connectivity index (χ4n) is 3.09. The fourth-order valence-corrected chi connectivity index (χ4v) is 3.09. The van der Waals surface area contributed by atoms with E-state index in [2.05, 4.69) is 24.0 Å². The van der Waals surface area contributed by atoms with Crippen molar-refractivity contribution in [3.63, 3.8) is 0 Å². The maximum absolute atomic E-state index is 6.24. The van der Waals surface area contributed by atoms with E-state index >= 15 is 0 Å². The summed E-state index contributed by atoms with van der Waals surface area (Å²) in [6.07, 6.45) is 8.14. The van der Waals surface area contributed by atoms with Gasteiger partial charge in [-0.15, -0.1) is 0 Å². The van der Waals surface area contributed by atoms with E-state index in [9.17, 15) is 0 Å². The van der Waals surface area contributed by atoms with Crippen LogP contribution in [0.4, 0.5) is 0 Å². The molecule has 1 saturated carbocycles.